The SMILES string of the molecule is CCc1cccc(CC)c1NCN1CCNCC1. The van der Waals surface area contributed by atoms with Crippen molar-refractivity contribution in [3.05, 3.63) is 29.3 Å². The van der Waals surface area contributed by atoms with Crippen molar-refractivity contribution in [1.29, 1.82) is 0 Å². The zero-order valence-corrected chi connectivity index (χ0v) is 11.6. The van der Waals surface area contributed by atoms with Crippen molar-refractivity contribution in [2.75, 3.05) is 38.2 Å². The highest BCUT2D eigenvalue weighted by Crippen LogP contribution is 2.22. The molecular formula is C15H25N3. The van der Waals surface area contributed by atoms with Gasteiger partial charge < -0.3 is 10.6 Å². The summed E-state index contributed by atoms with van der Waals surface area (Å²) in [5.41, 5.74) is 4.23. The first-order chi connectivity index (χ1) is 8.85. The smallest absolute Gasteiger partial charge is 0.0679 e. The molecule has 1 aliphatic heterocycles. The third-order valence-electron chi connectivity index (χ3n) is 3.69. The number of nitrogens with one attached hydrogen (secondary N) is 2. The highest BCUT2D eigenvalue weighted by atomic mass is 15.3. The standard InChI is InChI=1S/C15H25N3/c1-3-13-6-5-7-14(4-2)15(13)17-12-18-10-8-16-9-11-18/h5-7,16-17H,3-4,8-12H2,1-2H3. The van der Waals surface area contributed by atoms with Gasteiger partial charge >= 0.3 is 0 Å². The molecule has 1 saturated heterocycles. The van der Waals surface area contributed by atoms with Crippen molar-refractivity contribution in [3.8, 4) is 0 Å². The van der Waals surface area contributed by atoms with Crippen LogP contribution < -0.4 is 10.6 Å². The van der Waals surface area contributed by atoms with Crippen LogP contribution in [0.1, 0.15) is 25.0 Å². The number of anilines is 1. The third-order valence-corrected chi connectivity index (χ3v) is 3.69. The van der Waals surface area contributed by atoms with Crippen LogP contribution in [-0.2, 0) is 12.8 Å². The summed E-state index contributed by atoms with van der Waals surface area (Å²) in [4.78, 5) is 2.47. The van der Waals surface area contributed by atoms with Crippen LogP contribution in [0.5, 0.6) is 0 Å². The van der Waals surface area contributed by atoms with Crippen LogP contribution in [0.3, 0.4) is 0 Å². The Morgan fingerprint density at radius 3 is 2.28 bits per heavy atom. The minimum absolute atomic E-state index is 0.964. The van der Waals surface area contributed by atoms with E-state index in [2.05, 4.69) is 47.6 Å². The second-order valence-corrected chi connectivity index (χ2v) is 4.86. The van der Waals surface area contributed by atoms with Crippen LogP contribution in [0.25, 0.3) is 0 Å². The fraction of sp³-hybridized carbons (Fsp3) is 0.600. The molecule has 18 heavy (non-hydrogen) atoms. The fourth-order valence-electron chi connectivity index (χ4n) is 2.53. The van der Waals surface area contributed by atoms with Crippen molar-refractivity contribution in [2.45, 2.75) is 26.7 Å². The maximum Gasteiger partial charge on any atom is 0.0679 e. The number of para-hydroxylation sites is 1. The van der Waals surface area contributed by atoms with Gasteiger partial charge in [-0.15, -0.1) is 0 Å². The van der Waals surface area contributed by atoms with Gasteiger partial charge in [-0.25, -0.2) is 0 Å². The molecule has 0 atom stereocenters. The van der Waals surface area contributed by atoms with Crippen LogP contribution in [0, 0.1) is 0 Å². The Labute approximate surface area is 111 Å². The molecular weight excluding hydrogens is 222 g/mol. The fourth-order valence-corrected chi connectivity index (χ4v) is 2.53. The first-order valence-electron chi connectivity index (χ1n) is 7.12. The van der Waals surface area contributed by atoms with Crippen molar-refractivity contribution >= 4 is 5.69 Å². The van der Waals surface area contributed by atoms with E-state index in [0.29, 0.717) is 0 Å². The zero-order chi connectivity index (χ0) is 12.8. The number of hydrogen-bond acceptors (Lipinski definition) is 3. The van der Waals surface area contributed by atoms with Gasteiger partial charge in [0.15, 0.2) is 0 Å². The number of benzene rings is 1. The van der Waals surface area contributed by atoms with Gasteiger partial charge in [0.2, 0.25) is 0 Å². The van der Waals surface area contributed by atoms with Gasteiger partial charge in [-0.05, 0) is 24.0 Å². The van der Waals surface area contributed by atoms with E-state index < -0.39 is 0 Å². The van der Waals surface area contributed by atoms with E-state index in [0.717, 1.165) is 45.7 Å². The lowest BCUT2D eigenvalue weighted by atomic mass is 10.0. The van der Waals surface area contributed by atoms with Crippen molar-refractivity contribution < 1.29 is 0 Å². The molecule has 0 unspecified atom stereocenters. The minimum Gasteiger partial charge on any atom is -0.372 e. The summed E-state index contributed by atoms with van der Waals surface area (Å²) in [7, 11) is 0. The number of aryl methyl sites for hydroxylation is 2. The van der Waals surface area contributed by atoms with Gasteiger partial charge in [0.1, 0.15) is 0 Å². The number of rotatable bonds is 5. The second kappa shape index (κ2) is 6.76. The van der Waals surface area contributed by atoms with Crippen LogP contribution in [0.4, 0.5) is 5.69 Å². The van der Waals surface area contributed by atoms with Crippen molar-refractivity contribution in [2.24, 2.45) is 0 Å². The van der Waals surface area contributed by atoms with E-state index in [4.69, 9.17) is 0 Å². The van der Waals surface area contributed by atoms with Crippen LogP contribution in [0.2, 0.25) is 0 Å². The summed E-state index contributed by atoms with van der Waals surface area (Å²) in [6.07, 6.45) is 2.19. The summed E-state index contributed by atoms with van der Waals surface area (Å²) >= 11 is 0. The molecule has 1 aromatic rings. The molecule has 1 fully saturated rings. The molecule has 100 valence electrons. The summed E-state index contributed by atoms with van der Waals surface area (Å²) in [6, 6.07) is 6.65. The molecule has 0 bridgehead atoms. The topological polar surface area (TPSA) is 27.3 Å². The maximum atomic E-state index is 3.65. The second-order valence-electron chi connectivity index (χ2n) is 4.86. The molecule has 0 aromatic heterocycles. The van der Waals surface area contributed by atoms with Gasteiger partial charge in [0.25, 0.3) is 0 Å². The van der Waals surface area contributed by atoms with E-state index in [1.807, 2.05) is 0 Å². The summed E-state index contributed by atoms with van der Waals surface area (Å²) in [5, 5.41) is 7.04. The van der Waals surface area contributed by atoms with E-state index in [-0.39, 0.29) is 0 Å². The lowest BCUT2D eigenvalue weighted by Crippen LogP contribution is -2.45. The number of hydrogen-bond donors (Lipinski definition) is 2. The van der Waals surface area contributed by atoms with E-state index in [9.17, 15) is 0 Å². The molecule has 3 heteroatoms. The van der Waals surface area contributed by atoms with E-state index in [1.165, 1.54) is 16.8 Å². The first kappa shape index (κ1) is 13.4. The van der Waals surface area contributed by atoms with Crippen molar-refractivity contribution in [3.63, 3.8) is 0 Å². The quantitative estimate of drug-likeness (QED) is 0.834. The lowest BCUT2D eigenvalue weighted by molar-refractivity contribution is 0.256. The van der Waals surface area contributed by atoms with Crippen molar-refractivity contribution in [1.82, 2.24) is 10.2 Å². The Morgan fingerprint density at radius 2 is 1.72 bits per heavy atom. The molecule has 0 amide bonds. The van der Waals surface area contributed by atoms with Crippen LogP contribution in [0.15, 0.2) is 18.2 Å². The summed E-state index contributed by atoms with van der Waals surface area (Å²) in [5.74, 6) is 0. The van der Waals surface area contributed by atoms with Gasteiger partial charge in [0, 0.05) is 31.9 Å². The van der Waals surface area contributed by atoms with E-state index in [1.54, 1.807) is 0 Å². The zero-order valence-electron chi connectivity index (χ0n) is 11.6. The van der Waals surface area contributed by atoms with Gasteiger partial charge in [0.05, 0.1) is 6.67 Å². The first-order valence-corrected chi connectivity index (χ1v) is 7.12. The molecule has 0 saturated carbocycles. The Hall–Kier alpha value is -1.06. The average molecular weight is 247 g/mol. The molecule has 2 rings (SSSR count). The minimum atomic E-state index is 0.964. The molecule has 0 aliphatic carbocycles. The Morgan fingerprint density at radius 1 is 1.11 bits per heavy atom. The molecule has 1 aliphatic rings. The monoisotopic (exact) mass is 247 g/mol. The molecule has 0 spiro atoms. The maximum absolute atomic E-state index is 3.65. The molecule has 1 heterocycles. The molecule has 0 radical (unpaired) electrons. The molecule has 2 N–H and O–H groups in total. The highest BCUT2D eigenvalue weighted by molar-refractivity contribution is 5.57. The van der Waals surface area contributed by atoms with E-state index >= 15 is 0 Å². The summed E-state index contributed by atoms with van der Waals surface area (Å²) in [6.45, 7) is 9.92. The highest BCUT2D eigenvalue weighted by Gasteiger charge is 2.11. The average Bonchev–Trinajstić information content (AvgIpc) is 2.45. The van der Waals surface area contributed by atoms with Gasteiger partial charge in [-0.1, -0.05) is 32.0 Å². The lowest BCUT2D eigenvalue weighted by Gasteiger charge is -2.28. The molecule has 1 aromatic carbocycles. The number of nitrogens with zero attached hydrogens (tertiary/aromatic N) is 1. The largest absolute Gasteiger partial charge is 0.372 e. The van der Waals surface area contributed by atoms with Gasteiger partial charge in [-0.2, -0.15) is 0 Å². The van der Waals surface area contributed by atoms with Crippen LogP contribution in [-0.4, -0.2) is 37.7 Å². The number of piperazine rings is 1. The van der Waals surface area contributed by atoms with Gasteiger partial charge in [-0.3, -0.25) is 4.90 Å². The van der Waals surface area contributed by atoms with Crippen LogP contribution >= 0.6 is 0 Å². The Balaban J connectivity index is 2.02. The predicted molar refractivity (Wildman–Crippen MR) is 78.1 cm³/mol. The molecule has 3 nitrogen and oxygen atoms in total. The third kappa shape index (κ3) is 3.24. The Kier molecular flexibility index (Phi) is 5.02. The predicted octanol–water partition coefficient (Wildman–Crippen LogP) is 2.09. The Bertz CT molecular complexity index is 348. The normalized spacial score (nSPS) is 16.8. The summed E-state index contributed by atoms with van der Waals surface area (Å²) < 4.78 is 0.